The van der Waals surface area contributed by atoms with Gasteiger partial charge in [-0.25, -0.2) is 0 Å². The van der Waals surface area contributed by atoms with Crippen molar-refractivity contribution in [2.24, 2.45) is 17.6 Å². The zero-order chi connectivity index (χ0) is 10.4. The molecule has 1 saturated carbocycles. The van der Waals surface area contributed by atoms with Crippen LogP contribution < -0.4 is 5.73 Å². The molecule has 0 bridgehead atoms. The van der Waals surface area contributed by atoms with Gasteiger partial charge in [-0.2, -0.15) is 0 Å². The molecule has 1 fully saturated rings. The lowest BCUT2D eigenvalue weighted by atomic mass is 9.77. The van der Waals surface area contributed by atoms with Crippen LogP contribution in [0.5, 0.6) is 0 Å². The molecule has 0 aliphatic heterocycles. The predicted molar refractivity (Wildman–Crippen MR) is 60.2 cm³/mol. The summed E-state index contributed by atoms with van der Waals surface area (Å²) in [5.74, 6) is 1.52. The minimum atomic E-state index is 0.384. The first-order valence-corrected chi connectivity index (χ1v) is 6.11. The van der Waals surface area contributed by atoms with Gasteiger partial charge in [-0.3, -0.25) is 0 Å². The van der Waals surface area contributed by atoms with E-state index in [1.807, 2.05) is 0 Å². The number of ether oxygens (including phenoxy) is 1. The van der Waals surface area contributed by atoms with Crippen molar-refractivity contribution < 1.29 is 4.74 Å². The smallest absolute Gasteiger partial charge is 0.0509 e. The van der Waals surface area contributed by atoms with Crippen LogP contribution in [0.25, 0.3) is 0 Å². The van der Waals surface area contributed by atoms with Gasteiger partial charge in [-0.15, -0.1) is 0 Å². The normalized spacial score (nSPS) is 33.2. The summed E-state index contributed by atoms with van der Waals surface area (Å²) in [6.07, 6.45) is 6.49. The zero-order valence-electron chi connectivity index (χ0n) is 9.67. The Morgan fingerprint density at radius 1 is 1.29 bits per heavy atom. The highest BCUT2D eigenvalue weighted by molar-refractivity contribution is 4.82. The first-order valence-electron chi connectivity index (χ1n) is 6.11. The van der Waals surface area contributed by atoms with Gasteiger partial charge in [-0.1, -0.05) is 19.8 Å². The van der Waals surface area contributed by atoms with Gasteiger partial charge in [0.15, 0.2) is 0 Å². The van der Waals surface area contributed by atoms with Crippen molar-refractivity contribution in [3.05, 3.63) is 0 Å². The van der Waals surface area contributed by atoms with Gasteiger partial charge in [0.2, 0.25) is 0 Å². The molecule has 0 aromatic rings. The fourth-order valence-corrected chi connectivity index (χ4v) is 2.52. The Labute approximate surface area is 88.2 Å². The van der Waals surface area contributed by atoms with E-state index < -0.39 is 0 Å². The van der Waals surface area contributed by atoms with Crippen LogP contribution in [-0.4, -0.2) is 19.3 Å². The van der Waals surface area contributed by atoms with Crippen LogP contribution in [0, 0.1) is 11.8 Å². The molecule has 1 rings (SSSR count). The predicted octanol–water partition coefficient (Wildman–Crippen LogP) is 2.57. The van der Waals surface area contributed by atoms with Crippen molar-refractivity contribution in [1.82, 2.24) is 0 Å². The summed E-state index contributed by atoms with van der Waals surface area (Å²) in [5, 5.41) is 0. The molecule has 0 aromatic carbocycles. The third-order valence-corrected chi connectivity index (χ3v) is 3.38. The highest BCUT2D eigenvalue weighted by atomic mass is 16.5. The average molecular weight is 199 g/mol. The van der Waals surface area contributed by atoms with Crippen LogP contribution in [0.1, 0.15) is 46.0 Å². The summed E-state index contributed by atoms with van der Waals surface area (Å²) < 4.78 is 5.49. The first-order chi connectivity index (χ1) is 6.77. The summed E-state index contributed by atoms with van der Waals surface area (Å²) in [6, 6.07) is 0.384. The third-order valence-electron chi connectivity index (χ3n) is 3.38. The van der Waals surface area contributed by atoms with Crippen LogP contribution in [0.3, 0.4) is 0 Å². The molecule has 84 valence electrons. The lowest BCUT2D eigenvalue weighted by Gasteiger charge is -2.33. The Balaban J connectivity index is 2.30. The molecule has 0 amide bonds. The summed E-state index contributed by atoms with van der Waals surface area (Å²) >= 11 is 0. The summed E-state index contributed by atoms with van der Waals surface area (Å²) in [5.41, 5.74) is 6.10. The fourth-order valence-electron chi connectivity index (χ4n) is 2.52. The molecule has 0 heterocycles. The summed E-state index contributed by atoms with van der Waals surface area (Å²) in [7, 11) is 0. The minimum absolute atomic E-state index is 0.384. The topological polar surface area (TPSA) is 35.2 Å². The molecule has 3 atom stereocenters. The molecule has 3 unspecified atom stereocenters. The van der Waals surface area contributed by atoms with E-state index in [0.717, 1.165) is 19.1 Å². The van der Waals surface area contributed by atoms with Crippen molar-refractivity contribution in [3.8, 4) is 0 Å². The monoisotopic (exact) mass is 199 g/mol. The van der Waals surface area contributed by atoms with Gasteiger partial charge in [0.25, 0.3) is 0 Å². The fraction of sp³-hybridized carbons (Fsp3) is 1.00. The van der Waals surface area contributed by atoms with Crippen molar-refractivity contribution in [1.29, 1.82) is 0 Å². The Hall–Kier alpha value is -0.0800. The average Bonchev–Trinajstić information content (AvgIpc) is 2.19. The maximum atomic E-state index is 6.10. The number of rotatable bonds is 5. The van der Waals surface area contributed by atoms with Crippen LogP contribution in [-0.2, 0) is 4.74 Å². The van der Waals surface area contributed by atoms with Gasteiger partial charge >= 0.3 is 0 Å². The maximum absolute atomic E-state index is 6.10. The molecule has 1 aliphatic carbocycles. The molecule has 2 heteroatoms. The highest BCUT2D eigenvalue weighted by Crippen LogP contribution is 2.31. The van der Waals surface area contributed by atoms with Gasteiger partial charge in [0.05, 0.1) is 6.61 Å². The van der Waals surface area contributed by atoms with E-state index >= 15 is 0 Å². The van der Waals surface area contributed by atoms with E-state index in [0.29, 0.717) is 12.0 Å². The summed E-state index contributed by atoms with van der Waals surface area (Å²) in [6.45, 7) is 6.02. The molecule has 0 spiro atoms. The van der Waals surface area contributed by atoms with Crippen LogP contribution in [0.15, 0.2) is 0 Å². The quantitative estimate of drug-likeness (QED) is 0.738. The molecule has 0 radical (unpaired) electrons. The number of hydrogen-bond acceptors (Lipinski definition) is 2. The van der Waals surface area contributed by atoms with Crippen molar-refractivity contribution in [3.63, 3.8) is 0 Å². The van der Waals surface area contributed by atoms with Crippen molar-refractivity contribution in [2.75, 3.05) is 13.2 Å². The lowest BCUT2D eigenvalue weighted by molar-refractivity contribution is 0.0711. The second-order valence-electron chi connectivity index (χ2n) is 4.55. The Kier molecular flexibility index (Phi) is 5.49. The van der Waals surface area contributed by atoms with E-state index in [1.54, 1.807) is 0 Å². The molecule has 0 saturated heterocycles. The zero-order valence-corrected chi connectivity index (χ0v) is 9.67. The molecule has 2 N–H and O–H groups in total. The second-order valence-corrected chi connectivity index (χ2v) is 4.55. The molecule has 2 nitrogen and oxygen atoms in total. The van der Waals surface area contributed by atoms with Gasteiger partial charge in [0.1, 0.15) is 0 Å². The van der Waals surface area contributed by atoms with Crippen LogP contribution >= 0.6 is 0 Å². The molecule has 14 heavy (non-hydrogen) atoms. The molecular weight excluding hydrogens is 174 g/mol. The molecular formula is C12H25NO. The SMILES string of the molecule is CCCC1CCC(N)C(COCC)C1. The van der Waals surface area contributed by atoms with E-state index in [9.17, 15) is 0 Å². The lowest BCUT2D eigenvalue weighted by Crippen LogP contribution is -2.38. The summed E-state index contributed by atoms with van der Waals surface area (Å²) in [4.78, 5) is 0. The van der Waals surface area contributed by atoms with Gasteiger partial charge < -0.3 is 10.5 Å². The number of hydrogen-bond donors (Lipinski definition) is 1. The number of nitrogens with two attached hydrogens (primary N) is 1. The van der Waals surface area contributed by atoms with Gasteiger partial charge in [0, 0.05) is 12.6 Å². The van der Waals surface area contributed by atoms with Crippen LogP contribution in [0.2, 0.25) is 0 Å². The minimum Gasteiger partial charge on any atom is -0.381 e. The molecule has 0 aromatic heterocycles. The first kappa shape index (κ1) is 12.0. The van der Waals surface area contributed by atoms with E-state index in [-0.39, 0.29) is 0 Å². The maximum Gasteiger partial charge on any atom is 0.0509 e. The standard InChI is InChI=1S/C12H25NO/c1-3-5-10-6-7-12(13)11(8-10)9-14-4-2/h10-12H,3-9,13H2,1-2H3. The van der Waals surface area contributed by atoms with Crippen LogP contribution in [0.4, 0.5) is 0 Å². The Morgan fingerprint density at radius 2 is 2.07 bits per heavy atom. The van der Waals surface area contributed by atoms with Crippen molar-refractivity contribution in [2.45, 2.75) is 52.0 Å². The second kappa shape index (κ2) is 6.41. The Bertz CT molecular complexity index is 149. The van der Waals surface area contributed by atoms with E-state index in [4.69, 9.17) is 10.5 Å². The highest BCUT2D eigenvalue weighted by Gasteiger charge is 2.27. The molecule has 1 aliphatic rings. The van der Waals surface area contributed by atoms with E-state index in [1.165, 1.54) is 32.1 Å². The van der Waals surface area contributed by atoms with Crippen molar-refractivity contribution >= 4 is 0 Å². The largest absolute Gasteiger partial charge is 0.381 e. The Morgan fingerprint density at radius 3 is 2.71 bits per heavy atom. The third kappa shape index (κ3) is 3.58. The van der Waals surface area contributed by atoms with E-state index in [2.05, 4.69) is 13.8 Å². The van der Waals surface area contributed by atoms with Gasteiger partial charge in [-0.05, 0) is 38.0 Å².